The summed E-state index contributed by atoms with van der Waals surface area (Å²) >= 11 is 0. The fraction of sp³-hybridized carbons (Fsp3) is 0.0455. The Morgan fingerprint density at radius 1 is 1.16 bits per heavy atom. The number of ether oxygens (including phenoxy) is 1. The number of nitro groups is 1. The maximum atomic E-state index is 12.4. The summed E-state index contributed by atoms with van der Waals surface area (Å²) in [4.78, 5) is 22.8. The van der Waals surface area contributed by atoms with Gasteiger partial charge in [-0.1, -0.05) is 42.5 Å². The fourth-order valence-corrected chi connectivity index (χ4v) is 3.20. The summed E-state index contributed by atoms with van der Waals surface area (Å²) in [5.74, 6) is 0.139. The highest BCUT2D eigenvalue weighted by Crippen LogP contribution is 2.36. The molecule has 0 fully saturated rings. The van der Waals surface area contributed by atoms with Gasteiger partial charge in [-0.25, -0.2) is 5.43 Å². The van der Waals surface area contributed by atoms with Crippen molar-refractivity contribution in [3.05, 3.63) is 88.1 Å². The predicted molar refractivity (Wildman–Crippen MR) is 116 cm³/mol. The molecular weight excluding hydrogens is 398 g/mol. The minimum Gasteiger partial charge on any atom is -0.496 e. The normalized spacial score (nSPS) is 11.0. The summed E-state index contributed by atoms with van der Waals surface area (Å²) in [6, 6.07) is 19.2. The SMILES string of the molecule is COc1ccc2ccccc2c1-c1cc(C(=O)NN=Cc2cccc([N+](=O)[O-])c2)[nH]n1. The van der Waals surface area contributed by atoms with E-state index >= 15 is 0 Å². The van der Waals surface area contributed by atoms with Crippen molar-refractivity contribution in [3.8, 4) is 17.0 Å². The van der Waals surface area contributed by atoms with Crippen LogP contribution in [0.1, 0.15) is 16.1 Å². The second-order valence-corrected chi connectivity index (χ2v) is 6.58. The molecule has 0 spiro atoms. The van der Waals surface area contributed by atoms with E-state index in [1.807, 2.05) is 36.4 Å². The van der Waals surface area contributed by atoms with E-state index in [9.17, 15) is 14.9 Å². The lowest BCUT2D eigenvalue weighted by Gasteiger charge is -2.09. The Morgan fingerprint density at radius 2 is 2.00 bits per heavy atom. The molecule has 1 aromatic heterocycles. The van der Waals surface area contributed by atoms with Gasteiger partial charge < -0.3 is 4.74 Å². The Morgan fingerprint density at radius 3 is 2.81 bits per heavy atom. The first-order valence-electron chi connectivity index (χ1n) is 9.26. The molecule has 1 amide bonds. The first-order chi connectivity index (χ1) is 15.1. The van der Waals surface area contributed by atoms with Crippen LogP contribution in [0.2, 0.25) is 0 Å². The summed E-state index contributed by atoms with van der Waals surface area (Å²) < 4.78 is 5.49. The second kappa shape index (κ2) is 8.46. The number of methoxy groups -OCH3 is 1. The number of rotatable bonds is 6. The number of nitrogens with zero attached hydrogens (tertiary/aromatic N) is 3. The number of aromatic amines is 1. The highest BCUT2D eigenvalue weighted by molar-refractivity contribution is 6.00. The molecule has 9 nitrogen and oxygen atoms in total. The smallest absolute Gasteiger partial charge is 0.289 e. The van der Waals surface area contributed by atoms with Gasteiger partial charge in [-0.2, -0.15) is 10.2 Å². The predicted octanol–water partition coefficient (Wildman–Crippen LogP) is 3.91. The van der Waals surface area contributed by atoms with Gasteiger partial charge in [0.25, 0.3) is 11.6 Å². The van der Waals surface area contributed by atoms with Crippen molar-refractivity contribution in [2.45, 2.75) is 0 Å². The molecule has 0 saturated heterocycles. The molecule has 1 heterocycles. The molecule has 9 heteroatoms. The van der Waals surface area contributed by atoms with Crippen LogP contribution in [0.25, 0.3) is 22.0 Å². The maximum Gasteiger partial charge on any atom is 0.289 e. The number of carbonyl (C=O) groups is 1. The van der Waals surface area contributed by atoms with Gasteiger partial charge in [0.1, 0.15) is 11.4 Å². The first-order valence-corrected chi connectivity index (χ1v) is 9.26. The molecule has 0 atom stereocenters. The van der Waals surface area contributed by atoms with Crippen LogP contribution in [0, 0.1) is 10.1 Å². The molecule has 0 aliphatic carbocycles. The number of hydrogen-bond donors (Lipinski definition) is 2. The Kier molecular flexibility index (Phi) is 5.39. The number of fused-ring (bicyclic) bond motifs is 1. The number of benzene rings is 3. The van der Waals surface area contributed by atoms with E-state index in [0.29, 0.717) is 17.0 Å². The Balaban J connectivity index is 1.56. The summed E-state index contributed by atoms with van der Waals surface area (Å²) in [7, 11) is 1.58. The molecule has 4 rings (SSSR count). The molecule has 31 heavy (non-hydrogen) atoms. The van der Waals surface area contributed by atoms with Crippen molar-refractivity contribution < 1.29 is 14.5 Å². The number of nitrogens with one attached hydrogen (secondary N) is 2. The Bertz CT molecular complexity index is 1310. The number of nitro benzene ring substituents is 1. The zero-order chi connectivity index (χ0) is 21.8. The van der Waals surface area contributed by atoms with Gasteiger partial charge >= 0.3 is 0 Å². The van der Waals surface area contributed by atoms with Crippen molar-refractivity contribution in [3.63, 3.8) is 0 Å². The van der Waals surface area contributed by atoms with Crippen LogP contribution in [0.5, 0.6) is 5.75 Å². The van der Waals surface area contributed by atoms with Crippen molar-refractivity contribution in [1.82, 2.24) is 15.6 Å². The van der Waals surface area contributed by atoms with Crippen LogP contribution in [0.4, 0.5) is 5.69 Å². The van der Waals surface area contributed by atoms with Gasteiger partial charge in [0.2, 0.25) is 0 Å². The highest BCUT2D eigenvalue weighted by Gasteiger charge is 2.16. The van der Waals surface area contributed by atoms with Gasteiger partial charge in [0.05, 0.1) is 29.5 Å². The van der Waals surface area contributed by atoms with E-state index in [1.165, 1.54) is 18.3 Å². The van der Waals surface area contributed by atoms with Gasteiger partial charge in [-0.15, -0.1) is 0 Å². The van der Waals surface area contributed by atoms with Crippen LogP contribution in [0.15, 0.2) is 71.8 Å². The molecule has 0 saturated carbocycles. The van der Waals surface area contributed by atoms with Crippen LogP contribution < -0.4 is 10.2 Å². The van der Waals surface area contributed by atoms with Crippen LogP contribution in [-0.2, 0) is 0 Å². The van der Waals surface area contributed by atoms with E-state index in [4.69, 9.17) is 4.74 Å². The van der Waals surface area contributed by atoms with Crippen LogP contribution in [0.3, 0.4) is 0 Å². The molecule has 0 aliphatic heterocycles. The number of amides is 1. The van der Waals surface area contributed by atoms with Gasteiger partial charge in [-0.3, -0.25) is 20.0 Å². The first kappa shape index (κ1) is 19.8. The van der Waals surface area contributed by atoms with E-state index < -0.39 is 10.8 Å². The lowest BCUT2D eigenvalue weighted by molar-refractivity contribution is -0.384. The molecule has 4 aromatic rings. The van der Waals surface area contributed by atoms with Crippen molar-refractivity contribution in [1.29, 1.82) is 0 Å². The quantitative estimate of drug-likeness (QED) is 0.281. The minimum atomic E-state index is -0.500. The van der Waals surface area contributed by atoms with E-state index in [1.54, 1.807) is 25.3 Å². The molecule has 0 aliphatic rings. The molecule has 0 bridgehead atoms. The van der Waals surface area contributed by atoms with Crippen LogP contribution in [-0.4, -0.2) is 34.4 Å². The van der Waals surface area contributed by atoms with Gasteiger partial charge in [0.15, 0.2) is 0 Å². The molecule has 2 N–H and O–H groups in total. The van der Waals surface area contributed by atoms with Crippen molar-refractivity contribution in [2.24, 2.45) is 5.10 Å². The third-order valence-corrected chi connectivity index (χ3v) is 4.65. The monoisotopic (exact) mass is 415 g/mol. The maximum absolute atomic E-state index is 12.4. The number of aromatic nitrogens is 2. The highest BCUT2D eigenvalue weighted by atomic mass is 16.6. The van der Waals surface area contributed by atoms with Crippen molar-refractivity contribution in [2.75, 3.05) is 7.11 Å². The summed E-state index contributed by atoms with van der Waals surface area (Å²) in [5, 5.41) is 23.7. The molecule has 0 unspecified atom stereocenters. The zero-order valence-electron chi connectivity index (χ0n) is 16.4. The Labute approximate surface area is 176 Å². The average Bonchev–Trinajstić information content (AvgIpc) is 3.28. The molecular formula is C22H17N5O4. The second-order valence-electron chi connectivity index (χ2n) is 6.58. The zero-order valence-corrected chi connectivity index (χ0v) is 16.4. The topological polar surface area (TPSA) is 123 Å². The molecule has 154 valence electrons. The van der Waals surface area contributed by atoms with Crippen molar-refractivity contribution >= 4 is 28.6 Å². The van der Waals surface area contributed by atoms with E-state index in [2.05, 4.69) is 20.7 Å². The number of carbonyl (C=O) groups excluding carboxylic acids is 1. The molecule has 3 aromatic carbocycles. The fourth-order valence-electron chi connectivity index (χ4n) is 3.20. The van der Waals surface area contributed by atoms with Gasteiger partial charge in [-0.05, 0) is 22.9 Å². The third kappa shape index (κ3) is 4.10. The third-order valence-electron chi connectivity index (χ3n) is 4.65. The summed E-state index contributed by atoms with van der Waals surface area (Å²) in [6.07, 6.45) is 1.33. The van der Waals surface area contributed by atoms with E-state index in [0.717, 1.165) is 16.3 Å². The lowest BCUT2D eigenvalue weighted by Crippen LogP contribution is -2.18. The minimum absolute atomic E-state index is 0.0579. The average molecular weight is 415 g/mol. The number of H-pyrrole nitrogens is 1. The van der Waals surface area contributed by atoms with Gasteiger partial charge in [0, 0.05) is 17.7 Å². The summed E-state index contributed by atoms with van der Waals surface area (Å²) in [5.41, 5.74) is 4.35. The largest absolute Gasteiger partial charge is 0.496 e. The number of non-ortho nitro benzene ring substituents is 1. The van der Waals surface area contributed by atoms with E-state index in [-0.39, 0.29) is 11.4 Å². The lowest BCUT2D eigenvalue weighted by atomic mass is 10.0. The number of hydrazone groups is 1. The van der Waals surface area contributed by atoms with Crippen LogP contribution >= 0.6 is 0 Å². The standard InChI is InChI=1S/C22H17N5O4/c1-31-20-10-9-15-6-2-3-8-17(15)21(20)18-12-19(25-24-18)22(28)26-23-13-14-5-4-7-16(11-14)27(29)30/h2-13H,1H3,(H,24,25)(H,26,28). The number of hydrogen-bond acceptors (Lipinski definition) is 6. The summed E-state index contributed by atoms with van der Waals surface area (Å²) in [6.45, 7) is 0. The Hall–Kier alpha value is -4.53. The molecule has 0 radical (unpaired) electrons.